The Morgan fingerprint density at radius 3 is 2.48 bits per heavy atom. The number of aromatic hydroxyl groups is 1. The van der Waals surface area contributed by atoms with Gasteiger partial charge >= 0.3 is 0 Å². The molecule has 0 saturated carbocycles. The molecule has 1 fully saturated rings. The molecule has 2 amide bonds. The van der Waals surface area contributed by atoms with Crippen molar-refractivity contribution in [1.82, 2.24) is 5.32 Å². The number of imide groups is 1. The number of phenolic OH excluding ortho intramolecular Hbond substituents is 1. The smallest absolute Gasteiger partial charge is 0.286 e. The molecule has 2 unspecified atom stereocenters. The summed E-state index contributed by atoms with van der Waals surface area (Å²) >= 11 is 1.00. The Kier molecular flexibility index (Phi) is 5.90. The van der Waals surface area contributed by atoms with Crippen molar-refractivity contribution in [2.24, 2.45) is 0 Å². The number of nitrogens with one attached hydrogen (secondary N) is 1. The zero-order valence-electron chi connectivity index (χ0n) is 19.1. The fourth-order valence-corrected chi connectivity index (χ4v) is 4.85. The van der Waals surface area contributed by atoms with Gasteiger partial charge in [-0.25, -0.2) is 0 Å². The predicted octanol–water partition coefficient (Wildman–Crippen LogP) is 4.39. The van der Waals surface area contributed by atoms with Gasteiger partial charge in [0.15, 0.2) is 5.78 Å². The quantitative estimate of drug-likeness (QED) is 0.670. The van der Waals surface area contributed by atoms with Gasteiger partial charge in [0.25, 0.3) is 5.24 Å². The minimum absolute atomic E-state index is 0.0935. The van der Waals surface area contributed by atoms with Crippen LogP contribution >= 0.6 is 11.8 Å². The van der Waals surface area contributed by atoms with Crippen LogP contribution in [0, 0.1) is 0 Å². The molecule has 0 aliphatic carbocycles. The molecule has 0 spiro atoms. The molecule has 2 aliphatic heterocycles. The lowest BCUT2D eigenvalue weighted by atomic mass is 9.83. The second-order valence-electron chi connectivity index (χ2n) is 9.79. The van der Waals surface area contributed by atoms with E-state index in [9.17, 15) is 19.5 Å². The number of ether oxygens (including phenoxy) is 2. The first kappa shape index (κ1) is 23.2. The summed E-state index contributed by atoms with van der Waals surface area (Å²) in [4.78, 5) is 35.8. The molecule has 174 valence electrons. The van der Waals surface area contributed by atoms with Gasteiger partial charge in [-0.2, -0.15) is 0 Å². The van der Waals surface area contributed by atoms with Crippen molar-refractivity contribution in [3.8, 4) is 17.2 Å². The Balaban J connectivity index is 1.43. The molecule has 2 aliphatic rings. The number of carbonyl (C=O) groups is 3. The number of carbonyl (C=O) groups excluding carboxylic acids is 3. The molecule has 7 nitrogen and oxygen atoms in total. The Morgan fingerprint density at radius 1 is 1.18 bits per heavy atom. The maximum absolute atomic E-state index is 12.8. The van der Waals surface area contributed by atoms with Gasteiger partial charge in [-0.3, -0.25) is 19.7 Å². The van der Waals surface area contributed by atoms with Crippen molar-refractivity contribution in [3.05, 3.63) is 53.1 Å². The van der Waals surface area contributed by atoms with Gasteiger partial charge in [-0.05, 0) is 48.6 Å². The summed E-state index contributed by atoms with van der Waals surface area (Å²) in [5.41, 5.74) is 0.861. The van der Waals surface area contributed by atoms with Gasteiger partial charge < -0.3 is 14.6 Å². The maximum Gasteiger partial charge on any atom is 0.286 e. The van der Waals surface area contributed by atoms with Crippen LogP contribution in [0.25, 0.3) is 0 Å². The maximum atomic E-state index is 12.8. The summed E-state index contributed by atoms with van der Waals surface area (Å²) in [5.74, 6) is 0.798. The van der Waals surface area contributed by atoms with E-state index in [1.54, 1.807) is 18.2 Å². The summed E-state index contributed by atoms with van der Waals surface area (Å²) in [6.45, 7) is 7.96. The van der Waals surface area contributed by atoms with Crippen LogP contribution in [0.15, 0.2) is 36.4 Å². The third-order valence-corrected chi connectivity index (χ3v) is 6.73. The number of rotatable bonds is 5. The SMILES string of the molecule is CC1(COc2ccc(CC3SC(=O)NC3=O)cc2)CC(=O)c2cc(O)c(C(C)(C)C)cc2O1. The van der Waals surface area contributed by atoms with Crippen LogP contribution in [0.3, 0.4) is 0 Å². The molecule has 0 radical (unpaired) electrons. The summed E-state index contributed by atoms with van der Waals surface area (Å²) in [6.07, 6.45) is 0.589. The molecule has 8 heteroatoms. The standard InChI is InChI=1S/C25H27NO6S/c1-24(2,3)17-11-20-16(10-18(17)27)19(28)12-25(4,32-20)13-31-15-7-5-14(6-8-15)9-21-22(29)26-23(30)33-21/h5-8,10-11,21,27H,9,12-13H2,1-4H3,(H,26,29,30). The van der Waals surface area contributed by atoms with Gasteiger partial charge in [0.2, 0.25) is 5.91 Å². The second-order valence-corrected chi connectivity index (χ2v) is 11.0. The van der Waals surface area contributed by atoms with Gasteiger partial charge in [-0.15, -0.1) is 0 Å². The van der Waals surface area contributed by atoms with E-state index in [0.717, 1.165) is 17.3 Å². The normalized spacial score (nSPS) is 22.5. The van der Waals surface area contributed by atoms with Gasteiger partial charge in [-0.1, -0.05) is 44.7 Å². The van der Waals surface area contributed by atoms with E-state index >= 15 is 0 Å². The van der Waals surface area contributed by atoms with E-state index in [4.69, 9.17) is 9.47 Å². The number of hydrogen-bond acceptors (Lipinski definition) is 7. The van der Waals surface area contributed by atoms with Crippen LogP contribution in [-0.2, 0) is 16.6 Å². The average Bonchev–Trinajstić information content (AvgIpc) is 3.03. The van der Waals surface area contributed by atoms with Crippen molar-refractivity contribution in [1.29, 1.82) is 0 Å². The number of benzene rings is 2. The van der Waals surface area contributed by atoms with E-state index in [0.29, 0.717) is 29.0 Å². The number of Topliss-reactive ketones (excluding diaryl/α,β-unsaturated/α-hetero) is 1. The number of thioether (sulfide) groups is 1. The molecule has 2 aromatic rings. The minimum Gasteiger partial charge on any atom is -0.508 e. The van der Waals surface area contributed by atoms with E-state index in [1.807, 2.05) is 39.8 Å². The van der Waals surface area contributed by atoms with Gasteiger partial charge in [0, 0.05) is 5.56 Å². The van der Waals surface area contributed by atoms with Gasteiger partial charge in [0.05, 0.1) is 17.2 Å². The third kappa shape index (κ3) is 5.00. The zero-order chi connectivity index (χ0) is 24.0. The van der Waals surface area contributed by atoms with Crippen LogP contribution in [0.4, 0.5) is 4.79 Å². The summed E-state index contributed by atoms with van der Waals surface area (Å²) in [7, 11) is 0. The topological polar surface area (TPSA) is 102 Å². The largest absolute Gasteiger partial charge is 0.508 e. The molecule has 0 aromatic heterocycles. The van der Waals surface area contributed by atoms with Gasteiger partial charge in [0.1, 0.15) is 29.5 Å². The van der Waals surface area contributed by atoms with Crippen LogP contribution in [-0.4, -0.2) is 39.5 Å². The first-order valence-electron chi connectivity index (χ1n) is 10.8. The number of fused-ring (bicyclic) bond motifs is 1. The Hall–Kier alpha value is -3.00. The monoisotopic (exact) mass is 469 g/mol. The summed E-state index contributed by atoms with van der Waals surface area (Å²) in [6, 6.07) is 10.5. The van der Waals surface area contributed by atoms with E-state index in [1.165, 1.54) is 6.07 Å². The molecule has 2 N–H and O–H groups in total. The van der Waals surface area contributed by atoms with Crippen molar-refractivity contribution < 1.29 is 29.0 Å². The molecule has 2 aromatic carbocycles. The highest BCUT2D eigenvalue weighted by atomic mass is 32.2. The fourth-order valence-electron chi connectivity index (χ4n) is 3.99. The number of phenols is 1. The van der Waals surface area contributed by atoms with E-state index in [2.05, 4.69) is 5.32 Å². The highest BCUT2D eigenvalue weighted by molar-refractivity contribution is 8.15. The Labute approximate surface area is 196 Å². The third-order valence-electron chi connectivity index (χ3n) is 5.75. The van der Waals surface area contributed by atoms with E-state index < -0.39 is 10.9 Å². The highest BCUT2D eigenvalue weighted by Crippen LogP contribution is 2.41. The molecule has 2 atom stereocenters. The molecule has 0 bridgehead atoms. The first-order valence-corrected chi connectivity index (χ1v) is 11.6. The van der Waals surface area contributed by atoms with Crippen molar-refractivity contribution >= 4 is 28.7 Å². The molecular weight excluding hydrogens is 442 g/mol. The number of ketones is 1. The van der Waals surface area contributed by atoms with Crippen LogP contribution in [0.1, 0.15) is 55.6 Å². The average molecular weight is 470 g/mol. The Bertz CT molecular complexity index is 1120. The minimum atomic E-state index is -0.853. The van der Waals surface area contributed by atoms with Crippen molar-refractivity contribution in [3.63, 3.8) is 0 Å². The Morgan fingerprint density at radius 2 is 1.88 bits per heavy atom. The number of amides is 2. The first-order chi connectivity index (χ1) is 15.4. The lowest BCUT2D eigenvalue weighted by Crippen LogP contribution is -2.44. The molecule has 1 saturated heterocycles. The van der Waals surface area contributed by atoms with Crippen molar-refractivity contribution in [2.45, 2.75) is 56.8 Å². The number of hydrogen-bond donors (Lipinski definition) is 2. The molecule has 4 rings (SSSR count). The molecule has 2 heterocycles. The lowest BCUT2D eigenvalue weighted by molar-refractivity contribution is -0.118. The lowest BCUT2D eigenvalue weighted by Gasteiger charge is -2.35. The fraction of sp³-hybridized carbons (Fsp3) is 0.400. The van der Waals surface area contributed by atoms with Crippen molar-refractivity contribution in [2.75, 3.05) is 6.61 Å². The van der Waals surface area contributed by atoms with Crippen LogP contribution < -0.4 is 14.8 Å². The highest BCUT2D eigenvalue weighted by Gasteiger charge is 2.39. The molecular formula is C25H27NO6S. The van der Waals surface area contributed by atoms with Crippen LogP contribution in [0.2, 0.25) is 0 Å². The van der Waals surface area contributed by atoms with E-state index in [-0.39, 0.29) is 41.1 Å². The summed E-state index contributed by atoms with van der Waals surface area (Å²) < 4.78 is 12.1. The predicted molar refractivity (Wildman–Crippen MR) is 125 cm³/mol. The van der Waals surface area contributed by atoms with Crippen LogP contribution in [0.5, 0.6) is 17.2 Å². The molecule has 33 heavy (non-hydrogen) atoms. The zero-order valence-corrected chi connectivity index (χ0v) is 19.9. The summed E-state index contributed by atoms with van der Waals surface area (Å²) in [5, 5.41) is 11.9. The second kappa shape index (κ2) is 8.41.